The standard InChI is InChI=1S/C22H17N5O2S2/c28-19(13-30-12-14-11-20(29)27-9-10-31-22(27)23-14)24-16-6-2-1-5-15(16)21-25-17-7-3-4-8-18(17)26-21/h1-11H,12-13H2,(H,24,28)(H,25,26). The van der Waals surface area contributed by atoms with Crippen LogP contribution >= 0.6 is 23.1 Å². The van der Waals surface area contributed by atoms with Gasteiger partial charge in [0.2, 0.25) is 5.91 Å². The number of nitrogens with one attached hydrogen (secondary N) is 2. The number of thioether (sulfide) groups is 1. The van der Waals surface area contributed by atoms with E-state index in [9.17, 15) is 9.59 Å². The molecule has 0 spiro atoms. The number of aromatic nitrogens is 4. The highest BCUT2D eigenvalue weighted by molar-refractivity contribution is 7.99. The van der Waals surface area contributed by atoms with Crippen LogP contribution in [0.5, 0.6) is 0 Å². The molecule has 154 valence electrons. The van der Waals surface area contributed by atoms with Gasteiger partial charge in [0.25, 0.3) is 5.56 Å². The molecule has 31 heavy (non-hydrogen) atoms. The maximum atomic E-state index is 12.5. The molecule has 9 heteroatoms. The van der Waals surface area contributed by atoms with Gasteiger partial charge < -0.3 is 10.3 Å². The monoisotopic (exact) mass is 447 g/mol. The van der Waals surface area contributed by atoms with Gasteiger partial charge in [-0.25, -0.2) is 9.97 Å². The first-order valence-corrected chi connectivity index (χ1v) is 11.6. The van der Waals surface area contributed by atoms with Crippen molar-refractivity contribution in [3.8, 4) is 11.4 Å². The fraction of sp³-hybridized carbons (Fsp3) is 0.0909. The van der Waals surface area contributed by atoms with Gasteiger partial charge in [0.15, 0.2) is 4.96 Å². The predicted molar refractivity (Wildman–Crippen MR) is 126 cm³/mol. The zero-order valence-electron chi connectivity index (χ0n) is 16.2. The number of H-pyrrole nitrogens is 1. The smallest absolute Gasteiger partial charge is 0.258 e. The Morgan fingerprint density at radius 3 is 2.87 bits per heavy atom. The minimum atomic E-state index is -0.123. The van der Waals surface area contributed by atoms with Crippen LogP contribution in [0.2, 0.25) is 0 Å². The van der Waals surface area contributed by atoms with Crippen LogP contribution in [0, 0.1) is 0 Å². The number of anilines is 1. The number of amides is 1. The van der Waals surface area contributed by atoms with Crippen molar-refractivity contribution >= 4 is 50.7 Å². The fourth-order valence-corrected chi connectivity index (χ4v) is 4.73. The van der Waals surface area contributed by atoms with Crippen LogP contribution < -0.4 is 10.9 Å². The van der Waals surface area contributed by atoms with Gasteiger partial charge in [-0.3, -0.25) is 14.0 Å². The Balaban J connectivity index is 1.27. The molecule has 0 unspecified atom stereocenters. The number of aromatic amines is 1. The molecular formula is C22H17N5O2S2. The third-order valence-corrected chi connectivity index (χ3v) is 6.41. The van der Waals surface area contributed by atoms with E-state index in [1.54, 1.807) is 6.20 Å². The molecule has 0 saturated carbocycles. The average molecular weight is 448 g/mol. The maximum absolute atomic E-state index is 12.5. The van der Waals surface area contributed by atoms with Gasteiger partial charge in [0.05, 0.1) is 28.2 Å². The second-order valence-electron chi connectivity index (χ2n) is 6.83. The number of imidazole rings is 1. The molecule has 0 aliphatic heterocycles. The molecule has 2 aromatic carbocycles. The second kappa shape index (κ2) is 8.37. The topological polar surface area (TPSA) is 92.2 Å². The van der Waals surface area contributed by atoms with E-state index < -0.39 is 0 Å². The molecule has 0 fully saturated rings. The van der Waals surface area contributed by atoms with Crippen molar-refractivity contribution in [1.29, 1.82) is 0 Å². The minimum absolute atomic E-state index is 0.105. The molecule has 0 atom stereocenters. The number of para-hydroxylation sites is 3. The van der Waals surface area contributed by atoms with Crippen LogP contribution in [0.3, 0.4) is 0 Å². The summed E-state index contributed by atoms with van der Waals surface area (Å²) in [5.41, 5.74) is 3.91. The lowest BCUT2D eigenvalue weighted by Crippen LogP contribution is -2.16. The highest BCUT2D eigenvalue weighted by atomic mass is 32.2. The van der Waals surface area contributed by atoms with Gasteiger partial charge in [-0.15, -0.1) is 23.1 Å². The lowest BCUT2D eigenvalue weighted by molar-refractivity contribution is -0.113. The van der Waals surface area contributed by atoms with Gasteiger partial charge in [-0.05, 0) is 24.3 Å². The molecule has 2 N–H and O–H groups in total. The Kier molecular flexibility index (Phi) is 5.27. The van der Waals surface area contributed by atoms with Crippen molar-refractivity contribution in [1.82, 2.24) is 19.4 Å². The minimum Gasteiger partial charge on any atom is -0.338 e. The van der Waals surface area contributed by atoms with Gasteiger partial charge in [-0.2, -0.15) is 0 Å². The number of carbonyl (C=O) groups is 1. The molecule has 0 bridgehead atoms. The first kappa shape index (κ1) is 19.5. The van der Waals surface area contributed by atoms with Crippen LogP contribution in [0.4, 0.5) is 5.69 Å². The third-order valence-electron chi connectivity index (χ3n) is 4.68. The van der Waals surface area contributed by atoms with E-state index >= 15 is 0 Å². The maximum Gasteiger partial charge on any atom is 0.258 e. The number of hydrogen-bond acceptors (Lipinski definition) is 6. The van der Waals surface area contributed by atoms with Crippen molar-refractivity contribution in [2.75, 3.05) is 11.1 Å². The summed E-state index contributed by atoms with van der Waals surface area (Å²) in [4.78, 5) is 37.7. The zero-order chi connectivity index (χ0) is 21.2. The van der Waals surface area contributed by atoms with E-state index in [0.717, 1.165) is 16.6 Å². The van der Waals surface area contributed by atoms with Crippen molar-refractivity contribution in [3.05, 3.63) is 82.2 Å². The molecule has 3 aromatic heterocycles. The molecule has 0 aliphatic carbocycles. The van der Waals surface area contributed by atoms with Gasteiger partial charge in [0, 0.05) is 29.0 Å². The summed E-state index contributed by atoms with van der Waals surface area (Å²) in [7, 11) is 0. The summed E-state index contributed by atoms with van der Waals surface area (Å²) in [6, 6.07) is 16.9. The Morgan fingerprint density at radius 2 is 1.97 bits per heavy atom. The summed E-state index contributed by atoms with van der Waals surface area (Å²) in [6.07, 6.45) is 1.71. The van der Waals surface area contributed by atoms with E-state index in [1.165, 1.54) is 33.6 Å². The van der Waals surface area contributed by atoms with E-state index in [0.29, 0.717) is 27.9 Å². The Bertz CT molecular complexity index is 1420. The first-order valence-electron chi connectivity index (χ1n) is 9.55. The zero-order valence-corrected chi connectivity index (χ0v) is 17.9. The van der Waals surface area contributed by atoms with E-state index in [2.05, 4.69) is 20.3 Å². The molecule has 5 rings (SSSR count). The van der Waals surface area contributed by atoms with Gasteiger partial charge in [0.1, 0.15) is 5.82 Å². The highest BCUT2D eigenvalue weighted by Gasteiger charge is 2.12. The number of fused-ring (bicyclic) bond motifs is 2. The van der Waals surface area contributed by atoms with Gasteiger partial charge >= 0.3 is 0 Å². The van der Waals surface area contributed by atoms with Crippen molar-refractivity contribution < 1.29 is 4.79 Å². The average Bonchev–Trinajstić information content (AvgIpc) is 3.41. The largest absolute Gasteiger partial charge is 0.338 e. The number of benzene rings is 2. The summed E-state index contributed by atoms with van der Waals surface area (Å²) >= 11 is 2.83. The molecule has 7 nitrogen and oxygen atoms in total. The van der Waals surface area contributed by atoms with Gasteiger partial charge in [-0.1, -0.05) is 24.3 Å². The van der Waals surface area contributed by atoms with Crippen LogP contribution in [-0.4, -0.2) is 31.0 Å². The normalized spacial score (nSPS) is 11.2. The molecular weight excluding hydrogens is 430 g/mol. The molecule has 1 amide bonds. The predicted octanol–water partition coefficient (Wildman–Crippen LogP) is 4.17. The molecule has 0 radical (unpaired) electrons. The number of hydrogen-bond donors (Lipinski definition) is 2. The van der Waals surface area contributed by atoms with Crippen LogP contribution in [0.25, 0.3) is 27.4 Å². The number of thiazole rings is 1. The van der Waals surface area contributed by atoms with Crippen LogP contribution in [-0.2, 0) is 10.5 Å². The summed E-state index contributed by atoms with van der Waals surface area (Å²) in [5, 5.41) is 4.80. The lowest BCUT2D eigenvalue weighted by Gasteiger charge is -2.09. The SMILES string of the molecule is O=C(CSCc1cc(=O)n2ccsc2n1)Nc1ccccc1-c1nc2ccccc2[nH]1. The third kappa shape index (κ3) is 4.10. The first-order chi connectivity index (χ1) is 15.2. The Labute approximate surface area is 185 Å². The summed E-state index contributed by atoms with van der Waals surface area (Å²) < 4.78 is 1.51. The Hall–Kier alpha value is -3.43. The summed E-state index contributed by atoms with van der Waals surface area (Å²) in [5.74, 6) is 1.32. The van der Waals surface area contributed by atoms with E-state index in [4.69, 9.17) is 0 Å². The molecule has 3 heterocycles. The van der Waals surface area contributed by atoms with Crippen molar-refractivity contribution in [3.63, 3.8) is 0 Å². The molecule has 5 aromatic rings. The number of carbonyl (C=O) groups excluding carboxylic acids is 1. The highest BCUT2D eigenvalue weighted by Crippen LogP contribution is 2.27. The van der Waals surface area contributed by atoms with Crippen LogP contribution in [0.15, 0.2) is 71.0 Å². The van der Waals surface area contributed by atoms with E-state index in [1.807, 2.05) is 53.9 Å². The van der Waals surface area contributed by atoms with Crippen molar-refractivity contribution in [2.24, 2.45) is 0 Å². The molecule has 0 aliphatic rings. The number of nitrogens with zero attached hydrogens (tertiary/aromatic N) is 3. The fourth-order valence-electron chi connectivity index (χ4n) is 3.28. The number of rotatable bonds is 6. The molecule has 0 saturated heterocycles. The van der Waals surface area contributed by atoms with E-state index in [-0.39, 0.29) is 17.2 Å². The van der Waals surface area contributed by atoms with Crippen molar-refractivity contribution in [2.45, 2.75) is 5.75 Å². The quantitative estimate of drug-likeness (QED) is 0.408. The Morgan fingerprint density at radius 1 is 1.13 bits per heavy atom. The summed E-state index contributed by atoms with van der Waals surface area (Å²) in [6.45, 7) is 0. The lowest BCUT2D eigenvalue weighted by atomic mass is 10.1. The van der Waals surface area contributed by atoms with Crippen LogP contribution in [0.1, 0.15) is 5.69 Å². The second-order valence-corrected chi connectivity index (χ2v) is 8.69.